The average molecular weight is 716 g/mol. The van der Waals surface area contributed by atoms with Crippen LogP contribution in [-0.4, -0.2) is 0 Å². The minimum Gasteiger partial charge on any atom is -0.459 e. The van der Waals surface area contributed by atoms with Gasteiger partial charge in [-0.25, -0.2) is 0 Å². The van der Waals surface area contributed by atoms with Gasteiger partial charge in [-0.2, -0.15) is 0 Å². The first-order chi connectivity index (χ1) is 27.5. The van der Waals surface area contributed by atoms with Gasteiger partial charge in [-0.3, -0.25) is 0 Å². The van der Waals surface area contributed by atoms with Crippen LogP contribution in [0.1, 0.15) is 47.4 Å². The fourth-order valence-electron chi connectivity index (χ4n) is 10.4. The Hall–Kier alpha value is -6.90. The van der Waals surface area contributed by atoms with Gasteiger partial charge >= 0.3 is 0 Å². The molecule has 3 aliphatic rings. The highest BCUT2D eigenvalue weighted by Gasteiger charge is 2.55. The minimum absolute atomic E-state index is 0.0816. The van der Waals surface area contributed by atoms with Crippen molar-refractivity contribution >= 4 is 28.0 Å². The van der Waals surface area contributed by atoms with Crippen molar-refractivity contribution in [1.29, 1.82) is 0 Å². The van der Waals surface area contributed by atoms with Crippen LogP contribution in [0.15, 0.2) is 192 Å². The van der Waals surface area contributed by atoms with Crippen molar-refractivity contribution in [2.75, 3.05) is 4.90 Å². The smallest absolute Gasteiger partial charge is 0.135 e. The molecule has 0 bridgehead atoms. The maximum atomic E-state index is 6.97. The highest BCUT2D eigenvalue weighted by molar-refractivity contribution is 6.04. The quantitative estimate of drug-likeness (QED) is 0.180. The number of furan rings is 1. The highest BCUT2D eigenvalue weighted by atomic mass is 16.3. The Morgan fingerprint density at radius 2 is 0.929 bits per heavy atom. The van der Waals surface area contributed by atoms with E-state index in [0.29, 0.717) is 0 Å². The molecule has 0 aliphatic heterocycles. The van der Waals surface area contributed by atoms with Crippen LogP contribution in [0.3, 0.4) is 0 Å². The molecule has 56 heavy (non-hydrogen) atoms. The SMILES string of the molecule is CC1(C)c2ccccc2-c2ccc(N(c3ccccc3)c3ccc(-c4ccc5c(c4)C4(c6ccccc6-5)c5ccccc5-c5c4oc4ccccc54)cc3)cc21. The number of rotatable bonds is 4. The molecule has 3 aliphatic carbocycles. The minimum atomic E-state index is -0.544. The van der Waals surface area contributed by atoms with Crippen molar-refractivity contribution < 1.29 is 4.42 Å². The molecule has 0 radical (unpaired) electrons. The Bertz CT molecular complexity index is 3060. The Morgan fingerprint density at radius 1 is 0.393 bits per heavy atom. The van der Waals surface area contributed by atoms with Gasteiger partial charge in [-0.15, -0.1) is 0 Å². The normalized spacial score (nSPS) is 16.2. The number of hydrogen-bond acceptors (Lipinski definition) is 2. The van der Waals surface area contributed by atoms with Crippen molar-refractivity contribution in [1.82, 2.24) is 0 Å². The monoisotopic (exact) mass is 715 g/mol. The summed E-state index contributed by atoms with van der Waals surface area (Å²) in [6.45, 7) is 4.70. The molecule has 1 atom stereocenters. The van der Waals surface area contributed by atoms with Crippen LogP contribution in [-0.2, 0) is 10.8 Å². The summed E-state index contributed by atoms with van der Waals surface area (Å²) in [7, 11) is 0. The summed E-state index contributed by atoms with van der Waals surface area (Å²) in [4.78, 5) is 2.38. The van der Waals surface area contributed by atoms with Crippen LogP contribution in [0, 0.1) is 0 Å². The van der Waals surface area contributed by atoms with E-state index >= 15 is 0 Å². The Morgan fingerprint density at radius 3 is 1.71 bits per heavy atom. The highest BCUT2D eigenvalue weighted by Crippen LogP contribution is 2.65. The second-order valence-corrected chi connectivity index (χ2v) is 16.0. The summed E-state index contributed by atoms with van der Waals surface area (Å²) in [6, 6.07) is 69.1. The molecule has 2 heteroatoms. The molecule has 0 saturated carbocycles. The van der Waals surface area contributed by atoms with E-state index in [0.717, 1.165) is 28.4 Å². The van der Waals surface area contributed by atoms with Crippen LogP contribution < -0.4 is 4.90 Å². The first kappa shape index (κ1) is 31.5. The first-order valence-corrected chi connectivity index (χ1v) is 19.6. The Balaban J connectivity index is 0.998. The molecule has 1 aromatic heterocycles. The molecule has 9 aromatic rings. The number of benzene rings is 8. The van der Waals surface area contributed by atoms with Crippen LogP contribution in [0.2, 0.25) is 0 Å². The van der Waals surface area contributed by atoms with Gasteiger partial charge in [0, 0.05) is 33.4 Å². The zero-order valence-corrected chi connectivity index (χ0v) is 31.3. The summed E-state index contributed by atoms with van der Waals surface area (Å²) in [5.74, 6) is 1.03. The lowest BCUT2D eigenvalue weighted by atomic mass is 9.73. The lowest BCUT2D eigenvalue weighted by Crippen LogP contribution is -2.25. The molecule has 1 heterocycles. The van der Waals surface area contributed by atoms with Crippen molar-refractivity contribution in [3.05, 3.63) is 222 Å². The van der Waals surface area contributed by atoms with Crippen LogP contribution >= 0.6 is 0 Å². The second kappa shape index (κ2) is 11.3. The number of anilines is 3. The summed E-state index contributed by atoms with van der Waals surface area (Å²) in [6.07, 6.45) is 0. The van der Waals surface area contributed by atoms with E-state index in [2.05, 4.69) is 207 Å². The Kier molecular flexibility index (Phi) is 6.36. The summed E-state index contributed by atoms with van der Waals surface area (Å²) in [5, 5.41) is 1.17. The number of para-hydroxylation sites is 2. The van der Waals surface area contributed by atoms with E-state index in [1.165, 1.54) is 77.7 Å². The molecule has 2 nitrogen and oxygen atoms in total. The van der Waals surface area contributed by atoms with E-state index in [1.54, 1.807) is 0 Å². The van der Waals surface area contributed by atoms with Crippen LogP contribution in [0.5, 0.6) is 0 Å². The summed E-state index contributed by atoms with van der Waals surface area (Å²) in [5.41, 5.74) is 20.4. The number of hydrogen-bond donors (Lipinski definition) is 0. The Labute approximate surface area is 327 Å². The molecule has 0 amide bonds. The molecule has 264 valence electrons. The molecule has 1 unspecified atom stereocenters. The third-order valence-corrected chi connectivity index (χ3v) is 12.9. The molecular formula is C54H37NO. The summed E-state index contributed by atoms with van der Waals surface area (Å²) < 4.78 is 6.97. The van der Waals surface area contributed by atoms with Crippen LogP contribution in [0.25, 0.3) is 55.5 Å². The van der Waals surface area contributed by atoms with E-state index in [4.69, 9.17) is 4.42 Å². The van der Waals surface area contributed by atoms with Gasteiger partial charge in [0.15, 0.2) is 0 Å². The average Bonchev–Trinajstić information content (AvgIpc) is 3.93. The maximum Gasteiger partial charge on any atom is 0.135 e. The van der Waals surface area contributed by atoms with Crippen molar-refractivity contribution in [3.63, 3.8) is 0 Å². The van der Waals surface area contributed by atoms with Gasteiger partial charge < -0.3 is 9.32 Å². The largest absolute Gasteiger partial charge is 0.459 e. The lowest BCUT2D eigenvalue weighted by Gasteiger charge is -2.29. The molecule has 0 saturated heterocycles. The standard InChI is InChI=1S/C54H37NO/c1-53(2)45-20-10-6-16-39(45)41-31-29-38(33-48(41)53)55(36-14-4-3-5-15-36)37-27-24-34(25-28-37)35-26-30-42-40-17-7-11-21-46(40)54(49(42)32-35)47-22-12-8-18-43(47)51-44-19-9-13-23-50(44)56-52(51)54/h3-33H,1-2H3. The zero-order valence-electron chi connectivity index (χ0n) is 31.3. The van der Waals surface area contributed by atoms with Gasteiger partial charge in [0.1, 0.15) is 16.8 Å². The van der Waals surface area contributed by atoms with E-state index in [-0.39, 0.29) is 5.41 Å². The number of nitrogens with zero attached hydrogens (tertiary/aromatic N) is 1. The molecule has 0 N–H and O–H groups in total. The predicted octanol–water partition coefficient (Wildman–Crippen LogP) is 14.2. The summed E-state index contributed by atoms with van der Waals surface area (Å²) >= 11 is 0. The van der Waals surface area contributed by atoms with Crippen molar-refractivity contribution in [2.45, 2.75) is 24.7 Å². The third kappa shape index (κ3) is 4.06. The van der Waals surface area contributed by atoms with Crippen molar-refractivity contribution in [3.8, 4) is 44.5 Å². The topological polar surface area (TPSA) is 16.4 Å². The van der Waals surface area contributed by atoms with Gasteiger partial charge in [0.05, 0.1) is 0 Å². The van der Waals surface area contributed by atoms with Crippen LogP contribution in [0.4, 0.5) is 17.1 Å². The fraction of sp³-hybridized carbons (Fsp3) is 0.0741. The zero-order chi connectivity index (χ0) is 37.2. The first-order valence-electron chi connectivity index (χ1n) is 19.6. The predicted molar refractivity (Wildman–Crippen MR) is 230 cm³/mol. The van der Waals surface area contributed by atoms with E-state index in [9.17, 15) is 0 Å². The van der Waals surface area contributed by atoms with E-state index in [1.807, 2.05) is 0 Å². The fourth-order valence-corrected chi connectivity index (χ4v) is 10.4. The number of fused-ring (bicyclic) bond motifs is 15. The molecular weight excluding hydrogens is 679 g/mol. The molecule has 0 fully saturated rings. The molecule has 8 aromatic carbocycles. The molecule has 12 rings (SSSR count). The van der Waals surface area contributed by atoms with Gasteiger partial charge in [-0.05, 0) is 115 Å². The van der Waals surface area contributed by atoms with Gasteiger partial charge in [0.2, 0.25) is 0 Å². The lowest BCUT2D eigenvalue weighted by molar-refractivity contribution is 0.507. The second-order valence-electron chi connectivity index (χ2n) is 16.0. The van der Waals surface area contributed by atoms with Gasteiger partial charge in [0.25, 0.3) is 0 Å². The third-order valence-electron chi connectivity index (χ3n) is 12.9. The maximum absolute atomic E-state index is 6.97. The van der Waals surface area contributed by atoms with E-state index < -0.39 is 5.41 Å². The van der Waals surface area contributed by atoms with Gasteiger partial charge in [-0.1, -0.05) is 153 Å². The van der Waals surface area contributed by atoms with Crippen molar-refractivity contribution in [2.24, 2.45) is 0 Å². The molecule has 1 spiro atoms.